The minimum absolute atomic E-state index is 0.221. The van der Waals surface area contributed by atoms with Gasteiger partial charge >= 0.3 is 0 Å². The number of hydrogen-bond donors (Lipinski definition) is 2. The highest BCUT2D eigenvalue weighted by Gasteiger charge is 2.43. The predicted molar refractivity (Wildman–Crippen MR) is 82.9 cm³/mol. The van der Waals surface area contributed by atoms with Gasteiger partial charge in [0.25, 0.3) is 0 Å². The van der Waals surface area contributed by atoms with Crippen molar-refractivity contribution in [2.75, 3.05) is 26.2 Å². The molecule has 0 aromatic heterocycles. The third kappa shape index (κ3) is 3.59. The Bertz CT molecular complexity index is 368. The third-order valence-corrected chi connectivity index (χ3v) is 5.98. The molecule has 0 aromatic rings. The molecule has 1 amide bonds. The van der Waals surface area contributed by atoms with Gasteiger partial charge in [-0.15, -0.1) is 0 Å². The molecule has 2 N–H and O–H groups in total. The van der Waals surface area contributed by atoms with Gasteiger partial charge in [-0.25, -0.2) is 0 Å². The maximum atomic E-state index is 12.4. The van der Waals surface area contributed by atoms with Gasteiger partial charge in [0, 0.05) is 32.0 Å². The second kappa shape index (κ2) is 6.66. The molecule has 4 nitrogen and oxygen atoms in total. The fraction of sp³-hybridized carbons (Fsp3) is 0.941. The second-order valence-corrected chi connectivity index (χ2v) is 7.39. The van der Waals surface area contributed by atoms with Crippen LogP contribution in [0.3, 0.4) is 0 Å². The van der Waals surface area contributed by atoms with Crippen molar-refractivity contribution in [2.45, 2.75) is 63.4 Å². The van der Waals surface area contributed by atoms with E-state index in [9.17, 15) is 9.90 Å². The molecule has 1 aliphatic carbocycles. The lowest BCUT2D eigenvalue weighted by molar-refractivity contribution is -0.142. The van der Waals surface area contributed by atoms with E-state index in [1.165, 1.54) is 32.1 Å². The number of fused-ring (bicyclic) bond motifs is 1. The summed E-state index contributed by atoms with van der Waals surface area (Å²) in [5.74, 6) is 1.31. The van der Waals surface area contributed by atoms with Gasteiger partial charge in [0.05, 0.1) is 5.60 Å². The number of aliphatic hydroxyl groups is 1. The Balaban J connectivity index is 1.47. The third-order valence-electron chi connectivity index (χ3n) is 5.98. The fourth-order valence-corrected chi connectivity index (χ4v) is 4.41. The maximum absolute atomic E-state index is 12.4. The second-order valence-electron chi connectivity index (χ2n) is 7.39. The highest BCUT2D eigenvalue weighted by molar-refractivity contribution is 5.76. The maximum Gasteiger partial charge on any atom is 0.222 e. The summed E-state index contributed by atoms with van der Waals surface area (Å²) in [5, 5.41) is 14.0. The molecular formula is C17H30N2O2. The quantitative estimate of drug-likeness (QED) is 0.836. The highest BCUT2D eigenvalue weighted by atomic mass is 16.3. The molecule has 3 rings (SSSR count). The Kier molecular flexibility index (Phi) is 4.85. The average molecular weight is 294 g/mol. The molecular weight excluding hydrogens is 264 g/mol. The summed E-state index contributed by atoms with van der Waals surface area (Å²) in [5.41, 5.74) is -0.522. The van der Waals surface area contributed by atoms with E-state index in [-0.39, 0.29) is 5.92 Å². The molecule has 1 saturated carbocycles. The van der Waals surface area contributed by atoms with E-state index in [0.29, 0.717) is 12.3 Å². The molecule has 0 unspecified atom stereocenters. The molecule has 0 aromatic carbocycles. The van der Waals surface area contributed by atoms with Gasteiger partial charge in [0.15, 0.2) is 0 Å². The zero-order valence-electron chi connectivity index (χ0n) is 13.1. The smallest absolute Gasteiger partial charge is 0.222 e. The number of carbonyl (C=O) groups is 1. The molecule has 2 aliphatic heterocycles. The molecule has 3 aliphatic rings. The van der Waals surface area contributed by atoms with Crippen LogP contribution in [-0.4, -0.2) is 47.7 Å². The number of piperidine rings is 2. The normalized spacial score (nSPS) is 34.5. The molecule has 2 saturated heterocycles. The zero-order valence-corrected chi connectivity index (χ0v) is 13.1. The van der Waals surface area contributed by atoms with Crippen LogP contribution >= 0.6 is 0 Å². The first-order chi connectivity index (χ1) is 10.2. The van der Waals surface area contributed by atoms with Crippen LogP contribution < -0.4 is 5.32 Å². The monoisotopic (exact) mass is 294 g/mol. The number of likely N-dealkylation sites (tertiary alicyclic amines) is 1. The Morgan fingerprint density at radius 2 is 2.05 bits per heavy atom. The first kappa shape index (κ1) is 15.3. The van der Waals surface area contributed by atoms with Crippen molar-refractivity contribution in [3.05, 3.63) is 0 Å². The summed E-state index contributed by atoms with van der Waals surface area (Å²) < 4.78 is 0. The van der Waals surface area contributed by atoms with Crippen molar-refractivity contribution in [1.29, 1.82) is 0 Å². The van der Waals surface area contributed by atoms with Gasteiger partial charge in [0.1, 0.15) is 0 Å². The number of amides is 1. The molecule has 4 heteroatoms. The molecule has 2 heterocycles. The van der Waals surface area contributed by atoms with Crippen LogP contribution in [0.15, 0.2) is 0 Å². The van der Waals surface area contributed by atoms with Gasteiger partial charge < -0.3 is 15.3 Å². The van der Waals surface area contributed by atoms with E-state index in [1.54, 1.807) is 0 Å². The Hall–Kier alpha value is -0.610. The molecule has 0 radical (unpaired) electrons. The fourth-order valence-electron chi connectivity index (χ4n) is 4.41. The van der Waals surface area contributed by atoms with Crippen molar-refractivity contribution in [2.24, 2.45) is 11.8 Å². The van der Waals surface area contributed by atoms with Crippen LogP contribution in [-0.2, 0) is 4.79 Å². The molecule has 2 atom stereocenters. The van der Waals surface area contributed by atoms with Crippen LogP contribution in [0.5, 0.6) is 0 Å². The van der Waals surface area contributed by atoms with E-state index in [0.717, 1.165) is 51.4 Å². The van der Waals surface area contributed by atoms with Crippen LogP contribution in [0.2, 0.25) is 0 Å². The summed E-state index contributed by atoms with van der Waals surface area (Å²) in [4.78, 5) is 14.5. The molecule has 0 spiro atoms. The summed E-state index contributed by atoms with van der Waals surface area (Å²) in [6.45, 7) is 3.25. The first-order valence-electron chi connectivity index (χ1n) is 8.88. The van der Waals surface area contributed by atoms with E-state index in [1.807, 2.05) is 4.90 Å². The van der Waals surface area contributed by atoms with Gasteiger partial charge in [-0.2, -0.15) is 0 Å². The van der Waals surface area contributed by atoms with Gasteiger partial charge in [-0.1, -0.05) is 32.1 Å². The lowest BCUT2D eigenvalue weighted by Gasteiger charge is -2.47. The number of nitrogens with one attached hydrogen (secondary N) is 1. The summed E-state index contributed by atoms with van der Waals surface area (Å²) >= 11 is 0. The van der Waals surface area contributed by atoms with Crippen molar-refractivity contribution in [1.82, 2.24) is 10.2 Å². The number of rotatable bonds is 3. The molecule has 3 fully saturated rings. The average Bonchev–Trinajstić information content (AvgIpc) is 2.52. The zero-order chi connectivity index (χ0) is 14.7. The van der Waals surface area contributed by atoms with E-state index in [4.69, 9.17) is 0 Å². The predicted octanol–water partition coefficient (Wildman–Crippen LogP) is 1.92. The minimum atomic E-state index is -0.522. The van der Waals surface area contributed by atoms with Gasteiger partial charge in [0.2, 0.25) is 5.91 Å². The highest BCUT2D eigenvalue weighted by Crippen LogP contribution is 2.33. The van der Waals surface area contributed by atoms with Crippen molar-refractivity contribution in [3.63, 3.8) is 0 Å². The number of nitrogens with zero attached hydrogens (tertiary/aromatic N) is 1. The van der Waals surface area contributed by atoms with Crippen LogP contribution in [0.4, 0.5) is 0 Å². The Morgan fingerprint density at radius 3 is 2.86 bits per heavy atom. The van der Waals surface area contributed by atoms with Gasteiger partial charge in [-0.05, 0) is 31.7 Å². The van der Waals surface area contributed by atoms with Crippen molar-refractivity contribution >= 4 is 5.91 Å². The largest absolute Gasteiger partial charge is 0.389 e. The summed E-state index contributed by atoms with van der Waals surface area (Å²) in [6, 6.07) is 0. The van der Waals surface area contributed by atoms with Crippen molar-refractivity contribution < 1.29 is 9.90 Å². The molecule has 120 valence electrons. The van der Waals surface area contributed by atoms with E-state index < -0.39 is 5.60 Å². The topological polar surface area (TPSA) is 52.6 Å². The van der Waals surface area contributed by atoms with Crippen LogP contribution in [0.1, 0.15) is 57.8 Å². The molecule has 21 heavy (non-hydrogen) atoms. The standard InChI is InChI=1S/C17H30N2O2/c20-16(7-6-14-4-2-1-3-5-14)19-11-9-17(21)8-10-18-12-15(17)13-19/h14-15,18,21H,1-13H2/t15-,17-/m1/s1. The van der Waals surface area contributed by atoms with Crippen LogP contribution in [0, 0.1) is 11.8 Å². The SMILES string of the molecule is O=C(CCC1CCCCC1)N1CC[C@]2(O)CCNC[C@@H]2C1. The Morgan fingerprint density at radius 1 is 1.24 bits per heavy atom. The first-order valence-corrected chi connectivity index (χ1v) is 8.88. The Labute approximate surface area is 128 Å². The number of carbonyl (C=O) groups excluding carboxylic acids is 1. The number of hydrogen-bond acceptors (Lipinski definition) is 3. The summed E-state index contributed by atoms with van der Waals surface area (Å²) in [6.07, 6.45) is 10.1. The van der Waals surface area contributed by atoms with Gasteiger partial charge in [-0.3, -0.25) is 4.79 Å². The van der Waals surface area contributed by atoms with Crippen molar-refractivity contribution in [3.8, 4) is 0 Å². The van der Waals surface area contributed by atoms with E-state index in [2.05, 4.69) is 5.32 Å². The van der Waals surface area contributed by atoms with Crippen LogP contribution in [0.25, 0.3) is 0 Å². The molecule has 0 bridgehead atoms. The summed E-state index contributed by atoms with van der Waals surface area (Å²) in [7, 11) is 0. The minimum Gasteiger partial charge on any atom is -0.389 e. The lowest BCUT2D eigenvalue weighted by atomic mass is 9.76. The van der Waals surface area contributed by atoms with E-state index >= 15 is 0 Å². The lowest BCUT2D eigenvalue weighted by Crippen LogP contribution is -2.59.